The first-order valence-corrected chi connectivity index (χ1v) is 3.87. The fourth-order valence-electron chi connectivity index (χ4n) is 0.576. The maximum Gasteiger partial charge on any atom is 0.313 e. The maximum atomic E-state index is 10.8. The van der Waals surface area contributed by atoms with Crippen molar-refractivity contribution in [3.63, 3.8) is 0 Å². The fourth-order valence-corrected chi connectivity index (χ4v) is 0.576. The van der Waals surface area contributed by atoms with Crippen LogP contribution in [0.2, 0.25) is 0 Å². The van der Waals surface area contributed by atoms with Gasteiger partial charge in [0.25, 0.3) is 0 Å². The predicted octanol–water partition coefficient (Wildman–Crippen LogP) is 0.545. The first-order chi connectivity index (χ1) is 5.70. The summed E-state index contributed by atoms with van der Waals surface area (Å²) in [6.07, 6.45) is 0.250. The number of carbonyl (C=O) groups excluding carboxylic acids is 2. The minimum Gasteiger partial charge on any atom is -0.463 e. The van der Waals surface area contributed by atoms with Crippen molar-refractivity contribution >= 4 is 11.8 Å². The average molecular weight is 174 g/mol. The third-order valence-corrected chi connectivity index (χ3v) is 1.29. The zero-order valence-corrected chi connectivity index (χ0v) is 7.46. The second kappa shape index (κ2) is 6.79. The van der Waals surface area contributed by atoms with Crippen molar-refractivity contribution in [2.45, 2.75) is 19.8 Å². The molecule has 0 aromatic carbocycles. The summed E-state index contributed by atoms with van der Waals surface area (Å²) in [4.78, 5) is 21.5. The normalized spacial score (nSPS) is 9.50. The molecule has 0 heterocycles. The van der Waals surface area contributed by atoms with Gasteiger partial charge in [-0.05, 0) is 0 Å². The van der Waals surface area contributed by atoms with Crippen LogP contribution in [0.4, 0.5) is 0 Å². The summed E-state index contributed by atoms with van der Waals surface area (Å²) in [5.74, 6) is -0.573. The van der Waals surface area contributed by atoms with Crippen LogP contribution in [0.3, 0.4) is 0 Å². The zero-order valence-electron chi connectivity index (χ0n) is 7.46. The molecule has 12 heavy (non-hydrogen) atoms. The molecule has 0 saturated heterocycles. The van der Waals surface area contributed by atoms with Crippen LogP contribution < -0.4 is 0 Å². The summed E-state index contributed by atoms with van der Waals surface area (Å²) >= 11 is 0. The average Bonchev–Trinajstić information content (AvgIpc) is 2.05. The van der Waals surface area contributed by atoms with Crippen molar-refractivity contribution in [1.82, 2.24) is 0 Å². The van der Waals surface area contributed by atoms with Crippen LogP contribution in [0.1, 0.15) is 19.8 Å². The molecule has 0 N–H and O–H groups in total. The van der Waals surface area contributed by atoms with Gasteiger partial charge in [-0.1, -0.05) is 6.92 Å². The van der Waals surface area contributed by atoms with E-state index in [0.717, 1.165) is 0 Å². The third-order valence-electron chi connectivity index (χ3n) is 1.29. The lowest BCUT2D eigenvalue weighted by molar-refractivity contribution is -0.147. The van der Waals surface area contributed by atoms with Gasteiger partial charge in [0.05, 0.1) is 6.61 Å². The van der Waals surface area contributed by atoms with Gasteiger partial charge in [-0.3, -0.25) is 9.59 Å². The topological polar surface area (TPSA) is 52.6 Å². The van der Waals surface area contributed by atoms with E-state index in [2.05, 4.69) is 9.47 Å². The summed E-state index contributed by atoms with van der Waals surface area (Å²) in [6, 6.07) is 0. The van der Waals surface area contributed by atoms with Crippen molar-refractivity contribution in [3.8, 4) is 0 Å². The van der Waals surface area contributed by atoms with E-state index < -0.39 is 5.97 Å². The van der Waals surface area contributed by atoms with Gasteiger partial charge in [0.2, 0.25) is 0 Å². The van der Waals surface area contributed by atoms with Crippen molar-refractivity contribution < 1.29 is 19.1 Å². The number of hydrogen-bond donors (Lipinski definition) is 0. The Morgan fingerprint density at radius 2 is 1.92 bits per heavy atom. The Balaban J connectivity index is 3.40. The molecule has 0 aromatic heterocycles. The summed E-state index contributed by atoms with van der Waals surface area (Å²) in [7, 11) is 1.52. The van der Waals surface area contributed by atoms with Crippen LogP contribution in [0.25, 0.3) is 0 Å². The standard InChI is InChI=1S/C8H14O4/c1-3-7(9)6-8(10)12-5-4-11-2/h3-6H2,1-2H3. The van der Waals surface area contributed by atoms with E-state index in [1.54, 1.807) is 6.92 Å². The van der Waals surface area contributed by atoms with Crippen molar-refractivity contribution in [2.24, 2.45) is 0 Å². The van der Waals surface area contributed by atoms with Crippen LogP contribution in [-0.4, -0.2) is 32.1 Å². The lowest BCUT2D eigenvalue weighted by Crippen LogP contribution is -2.13. The quantitative estimate of drug-likeness (QED) is 0.335. The Morgan fingerprint density at radius 3 is 2.42 bits per heavy atom. The highest BCUT2D eigenvalue weighted by Gasteiger charge is 2.07. The van der Waals surface area contributed by atoms with Crippen LogP contribution in [0.15, 0.2) is 0 Å². The van der Waals surface area contributed by atoms with E-state index in [9.17, 15) is 9.59 Å². The Hall–Kier alpha value is -0.900. The number of carbonyl (C=O) groups is 2. The summed E-state index contributed by atoms with van der Waals surface area (Å²) in [5.41, 5.74) is 0. The minimum atomic E-state index is -0.473. The first-order valence-electron chi connectivity index (χ1n) is 3.87. The summed E-state index contributed by atoms with van der Waals surface area (Å²) in [5, 5.41) is 0. The molecular weight excluding hydrogens is 160 g/mol. The molecule has 0 aliphatic heterocycles. The number of methoxy groups -OCH3 is 1. The van der Waals surface area contributed by atoms with E-state index in [0.29, 0.717) is 13.0 Å². The number of rotatable bonds is 6. The Kier molecular flexibility index (Phi) is 6.28. The van der Waals surface area contributed by atoms with E-state index >= 15 is 0 Å². The molecule has 0 spiro atoms. The van der Waals surface area contributed by atoms with Crippen molar-refractivity contribution in [3.05, 3.63) is 0 Å². The van der Waals surface area contributed by atoms with E-state index in [4.69, 9.17) is 0 Å². The van der Waals surface area contributed by atoms with Crippen molar-refractivity contribution in [1.29, 1.82) is 0 Å². The first kappa shape index (κ1) is 11.1. The van der Waals surface area contributed by atoms with Gasteiger partial charge >= 0.3 is 5.97 Å². The van der Waals surface area contributed by atoms with Gasteiger partial charge in [0.1, 0.15) is 18.8 Å². The maximum absolute atomic E-state index is 10.8. The third kappa shape index (κ3) is 5.85. The number of ketones is 1. The molecule has 4 nitrogen and oxygen atoms in total. The van der Waals surface area contributed by atoms with Crippen molar-refractivity contribution in [2.75, 3.05) is 20.3 Å². The van der Waals surface area contributed by atoms with Gasteiger partial charge in [-0.15, -0.1) is 0 Å². The van der Waals surface area contributed by atoms with Gasteiger partial charge in [0.15, 0.2) is 0 Å². The van der Waals surface area contributed by atoms with E-state index in [1.807, 2.05) is 0 Å². The van der Waals surface area contributed by atoms with Crippen LogP contribution in [0, 0.1) is 0 Å². The molecule has 0 aliphatic rings. The lowest BCUT2D eigenvalue weighted by atomic mass is 10.2. The molecule has 0 aromatic rings. The van der Waals surface area contributed by atoms with Crippen LogP contribution in [0.5, 0.6) is 0 Å². The molecule has 70 valence electrons. The highest BCUT2D eigenvalue weighted by molar-refractivity contribution is 5.95. The highest BCUT2D eigenvalue weighted by atomic mass is 16.6. The van der Waals surface area contributed by atoms with Crippen LogP contribution >= 0.6 is 0 Å². The monoisotopic (exact) mass is 174 g/mol. The number of esters is 1. The largest absolute Gasteiger partial charge is 0.463 e. The predicted molar refractivity (Wildman–Crippen MR) is 42.8 cm³/mol. The Morgan fingerprint density at radius 1 is 1.25 bits per heavy atom. The molecule has 0 rings (SSSR count). The van der Waals surface area contributed by atoms with Gasteiger partial charge < -0.3 is 9.47 Å². The number of ether oxygens (including phenoxy) is 2. The molecule has 0 saturated carbocycles. The van der Waals surface area contributed by atoms with E-state index in [-0.39, 0.29) is 18.8 Å². The smallest absolute Gasteiger partial charge is 0.313 e. The van der Waals surface area contributed by atoms with Gasteiger partial charge in [-0.25, -0.2) is 0 Å². The Bertz CT molecular complexity index is 153. The Labute approximate surface area is 71.8 Å². The lowest BCUT2D eigenvalue weighted by Gasteiger charge is -2.01. The molecule has 0 radical (unpaired) electrons. The molecule has 0 bridgehead atoms. The molecular formula is C8H14O4. The van der Waals surface area contributed by atoms with Crippen LogP contribution in [-0.2, 0) is 19.1 Å². The summed E-state index contributed by atoms with van der Waals surface area (Å²) < 4.78 is 9.33. The second-order valence-corrected chi connectivity index (χ2v) is 2.28. The molecule has 0 atom stereocenters. The minimum absolute atomic E-state index is 0.0996. The molecule has 0 unspecified atom stereocenters. The van der Waals surface area contributed by atoms with Gasteiger partial charge in [-0.2, -0.15) is 0 Å². The fraction of sp³-hybridized carbons (Fsp3) is 0.750. The molecule has 4 heteroatoms. The molecule has 0 amide bonds. The number of hydrogen-bond acceptors (Lipinski definition) is 4. The molecule has 0 fully saturated rings. The summed E-state index contributed by atoms with van der Waals surface area (Å²) in [6.45, 7) is 2.29. The van der Waals surface area contributed by atoms with E-state index in [1.165, 1.54) is 7.11 Å². The van der Waals surface area contributed by atoms with Gasteiger partial charge in [0, 0.05) is 13.5 Å². The SMILES string of the molecule is CCC(=O)CC(=O)OCCOC. The molecule has 0 aliphatic carbocycles. The second-order valence-electron chi connectivity index (χ2n) is 2.28. The number of Topliss-reactive ketones (excluding diaryl/α,β-unsaturated/α-hetero) is 1. The highest BCUT2D eigenvalue weighted by Crippen LogP contribution is 1.91. The zero-order chi connectivity index (χ0) is 9.40.